The van der Waals surface area contributed by atoms with Crippen LogP contribution in [-0.4, -0.2) is 53.4 Å². The van der Waals surface area contributed by atoms with E-state index in [0.29, 0.717) is 12.1 Å². The molecule has 0 unspecified atom stereocenters. The number of para-hydroxylation sites is 1. The third-order valence-electron chi connectivity index (χ3n) is 5.67. The van der Waals surface area contributed by atoms with Gasteiger partial charge in [-0.25, -0.2) is 13.1 Å². The van der Waals surface area contributed by atoms with Crippen LogP contribution >= 0.6 is 0 Å². The van der Waals surface area contributed by atoms with Crippen molar-refractivity contribution in [3.8, 4) is 5.69 Å². The fraction of sp³-hybridized carbons (Fsp3) is 0.333. The van der Waals surface area contributed by atoms with Crippen molar-refractivity contribution in [3.05, 3.63) is 77.1 Å². The van der Waals surface area contributed by atoms with E-state index in [2.05, 4.69) is 5.10 Å². The molecule has 0 aliphatic rings. The molecule has 0 saturated heterocycles. The van der Waals surface area contributed by atoms with Crippen LogP contribution in [0.15, 0.2) is 59.5 Å². The zero-order chi connectivity index (χ0) is 23.6. The maximum Gasteiger partial charge on any atom is 0.253 e. The predicted molar refractivity (Wildman–Crippen MR) is 125 cm³/mol. The van der Waals surface area contributed by atoms with Gasteiger partial charge < -0.3 is 4.90 Å². The third kappa shape index (κ3) is 4.61. The van der Waals surface area contributed by atoms with Crippen LogP contribution in [0.25, 0.3) is 5.69 Å². The average Bonchev–Trinajstić information content (AvgIpc) is 3.06. The Morgan fingerprint density at radius 3 is 2.31 bits per heavy atom. The molecule has 7 nitrogen and oxygen atoms in total. The molecule has 0 aliphatic carbocycles. The van der Waals surface area contributed by atoms with E-state index >= 15 is 0 Å². The van der Waals surface area contributed by atoms with Gasteiger partial charge in [-0.1, -0.05) is 24.3 Å². The van der Waals surface area contributed by atoms with Crippen molar-refractivity contribution in [2.75, 3.05) is 14.1 Å². The van der Waals surface area contributed by atoms with Crippen molar-refractivity contribution in [3.63, 3.8) is 0 Å². The molecule has 0 spiro atoms. The Kier molecular flexibility index (Phi) is 6.85. The summed E-state index contributed by atoms with van der Waals surface area (Å²) in [6.45, 7) is 7.89. The molecule has 1 amide bonds. The smallest absolute Gasteiger partial charge is 0.253 e. The molecule has 0 N–H and O–H groups in total. The number of carbonyl (C=O) groups is 1. The van der Waals surface area contributed by atoms with E-state index in [1.165, 1.54) is 23.5 Å². The van der Waals surface area contributed by atoms with Crippen LogP contribution in [0.3, 0.4) is 0 Å². The maximum atomic E-state index is 13.1. The Labute approximate surface area is 190 Å². The number of hydrogen-bond acceptors (Lipinski definition) is 4. The molecule has 2 aromatic carbocycles. The summed E-state index contributed by atoms with van der Waals surface area (Å²) >= 11 is 0. The fourth-order valence-corrected chi connectivity index (χ4v) is 4.90. The maximum absolute atomic E-state index is 13.1. The molecule has 32 heavy (non-hydrogen) atoms. The van der Waals surface area contributed by atoms with Crippen molar-refractivity contribution < 1.29 is 13.2 Å². The van der Waals surface area contributed by atoms with Crippen LogP contribution in [-0.2, 0) is 16.6 Å². The van der Waals surface area contributed by atoms with Crippen LogP contribution in [0.2, 0.25) is 0 Å². The summed E-state index contributed by atoms with van der Waals surface area (Å²) in [5, 5.41) is 4.64. The summed E-state index contributed by atoms with van der Waals surface area (Å²) in [4.78, 5) is 14.8. The van der Waals surface area contributed by atoms with Crippen molar-refractivity contribution >= 4 is 15.9 Å². The highest BCUT2D eigenvalue weighted by Crippen LogP contribution is 2.22. The molecular formula is C24H30N4O3S. The highest BCUT2D eigenvalue weighted by molar-refractivity contribution is 7.89. The van der Waals surface area contributed by atoms with Gasteiger partial charge in [0.2, 0.25) is 10.0 Å². The normalized spacial score (nSPS) is 11.9. The minimum Gasteiger partial charge on any atom is -0.337 e. The average molecular weight is 455 g/mol. The number of hydrogen-bond donors (Lipinski definition) is 0. The molecule has 1 aromatic heterocycles. The molecule has 0 bridgehead atoms. The van der Waals surface area contributed by atoms with E-state index in [9.17, 15) is 13.2 Å². The Hall–Kier alpha value is -2.97. The SMILES string of the molecule is Cc1nn(-c2ccccc2)c(C)c1CN(C)C(=O)c1cccc(S(=O)(=O)N(C)C(C)C)c1. The van der Waals surface area contributed by atoms with Gasteiger partial charge in [0.05, 0.1) is 16.3 Å². The Morgan fingerprint density at radius 1 is 1.03 bits per heavy atom. The van der Waals surface area contributed by atoms with Gasteiger partial charge in [0.1, 0.15) is 0 Å². The molecule has 0 aliphatic heterocycles. The molecule has 0 atom stereocenters. The number of aryl methyl sites for hydroxylation is 1. The van der Waals surface area contributed by atoms with E-state index in [1.807, 2.05) is 48.9 Å². The highest BCUT2D eigenvalue weighted by Gasteiger charge is 2.25. The van der Waals surface area contributed by atoms with Crippen LogP contribution in [0.1, 0.15) is 41.2 Å². The topological polar surface area (TPSA) is 75.5 Å². The number of sulfonamides is 1. The largest absolute Gasteiger partial charge is 0.337 e. The minimum absolute atomic E-state index is 0.109. The first-order chi connectivity index (χ1) is 15.0. The van der Waals surface area contributed by atoms with Gasteiger partial charge in [-0.2, -0.15) is 9.40 Å². The van der Waals surface area contributed by atoms with Gasteiger partial charge in [0.15, 0.2) is 0 Å². The number of benzene rings is 2. The summed E-state index contributed by atoms with van der Waals surface area (Å²) in [5.41, 5.74) is 4.06. The number of rotatable bonds is 7. The van der Waals surface area contributed by atoms with Crippen LogP contribution in [0, 0.1) is 13.8 Å². The summed E-state index contributed by atoms with van der Waals surface area (Å²) < 4.78 is 28.8. The van der Waals surface area contributed by atoms with Gasteiger partial charge in [-0.05, 0) is 58.0 Å². The first-order valence-electron chi connectivity index (χ1n) is 10.5. The Balaban J connectivity index is 1.86. The standard InChI is InChI=1S/C24H30N4O3S/c1-17(2)27(6)32(30,31)22-14-10-11-20(15-22)24(29)26(5)16-23-18(3)25-28(19(23)4)21-12-8-7-9-13-21/h7-15,17H,16H2,1-6H3. The number of amides is 1. The zero-order valence-electron chi connectivity index (χ0n) is 19.4. The summed E-state index contributed by atoms with van der Waals surface area (Å²) in [6, 6.07) is 15.9. The summed E-state index contributed by atoms with van der Waals surface area (Å²) in [6.07, 6.45) is 0. The second kappa shape index (κ2) is 9.26. The monoisotopic (exact) mass is 454 g/mol. The molecule has 3 rings (SSSR count). The second-order valence-corrected chi connectivity index (χ2v) is 10.2. The fourth-order valence-electron chi connectivity index (χ4n) is 3.49. The van der Waals surface area contributed by atoms with Gasteiger partial charge in [0.25, 0.3) is 5.91 Å². The number of carbonyl (C=O) groups excluding carboxylic acids is 1. The van der Waals surface area contributed by atoms with Crippen molar-refractivity contribution in [1.82, 2.24) is 19.0 Å². The van der Waals surface area contributed by atoms with Crippen LogP contribution < -0.4 is 0 Å². The lowest BCUT2D eigenvalue weighted by molar-refractivity contribution is 0.0784. The van der Waals surface area contributed by atoms with Crippen molar-refractivity contribution in [2.24, 2.45) is 0 Å². The van der Waals surface area contributed by atoms with Gasteiger partial charge in [-0.3, -0.25) is 4.79 Å². The Morgan fingerprint density at radius 2 is 1.69 bits per heavy atom. The second-order valence-electron chi connectivity index (χ2n) is 8.20. The molecular weight excluding hydrogens is 424 g/mol. The molecule has 0 saturated carbocycles. The van der Waals surface area contributed by atoms with Crippen molar-refractivity contribution in [1.29, 1.82) is 0 Å². The van der Waals surface area contributed by atoms with E-state index in [-0.39, 0.29) is 16.8 Å². The van der Waals surface area contributed by atoms with Crippen molar-refractivity contribution in [2.45, 2.75) is 45.2 Å². The number of nitrogens with zero attached hydrogens (tertiary/aromatic N) is 4. The molecule has 0 radical (unpaired) electrons. The molecule has 3 aromatic rings. The predicted octanol–water partition coefficient (Wildman–Crippen LogP) is 3.79. The van der Waals surface area contributed by atoms with E-state index in [1.54, 1.807) is 37.9 Å². The van der Waals surface area contributed by atoms with Gasteiger partial charge in [0, 0.05) is 43.5 Å². The minimum atomic E-state index is -3.67. The van der Waals surface area contributed by atoms with E-state index in [0.717, 1.165) is 22.6 Å². The van der Waals surface area contributed by atoms with Crippen LogP contribution in [0.4, 0.5) is 0 Å². The van der Waals surface area contributed by atoms with E-state index in [4.69, 9.17) is 0 Å². The lowest BCUT2D eigenvalue weighted by Crippen LogP contribution is -2.33. The zero-order valence-corrected chi connectivity index (χ0v) is 20.2. The molecule has 0 fully saturated rings. The van der Waals surface area contributed by atoms with Gasteiger partial charge >= 0.3 is 0 Å². The van der Waals surface area contributed by atoms with Crippen LogP contribution in [0.5, 0.6) is 0 Å². The quantitative estimate of drug-likeness (QED) is 0.544. The summed E-state index contributed by atoms with van der Waals surface area (Å²) in [7, 11) is -0.421. The molecule has 8 heteroatoms. The molecule has 170 valence electrons. The molecule has 1 heterocycles. The highest BCUT2D eigenvalue weighted by atomic mass is 32.2. The van der Waals surface area contributed by atoms with E-state index < -0.39 is 10.0 Å². The Bertz CT molecular complexity index is 1220. The summed E-state index contributed by atoms with van der Waals surface area (Å²) in [5.74, 6) is -0.250. The first kappa shape index (κ1) is 23.7. The lowest BCUT2D eigenvalue weighted by Gasteiger charge is -2.22. The van der Waals surface area contributed by atoms with Gasteiger partial charge in [-0.15, -0.1) is 0 Å². The number of aromatic nitrogens is 2. The first-order valence-corrected chi connectivity index (χ1v) is 11.9. The third-order valence-corrected chi connectivity index (χ3v) is 7.70. The lowest BCUT2D eigenvalue weighted by atomic mass is 10.1.